The van der Waals surface area contributed by atoms with E-state index >= 15 is 0 Å². The van der Waals surface area contributed by atoms with Crippen molar-refractivity contribution in [2.24, 2.45) is 0 Å². The van der Waals surface area contributed by atoms with Gasteiger partial charge in [0, 0.05) is 18.2 Å². The minimum Gasteiger partial charge on any atom is -0.444 e. The van der Waals surface area contributed by atoms with Crippen LogP contribution >= 0.6 is 0 Å². The Morgan fingerprint density at radius 3 is 2.21 bits per heavy atom. The van der Waals surface area contributed by atoms with Crippen molar-refractivity contribution in [1.29, 1.82) is 0 Å². The molecule has 0 spiro atoms. The Kier molecular flexibility index (Phi) is 5.94. The molecule has 28 heavy (non-hydrogen) atoms. The van der Waals surface area contributed by atoms with Gasteiger partial charge in [0.25, 0.3) is 10.0 Å². The summed E-state index contributed by atoms with van der Waals surface area (Å²) in [7, 11) is -2.14. The maximum Gasteiger partial charge on any atom is 0.266 e. The number of hydrogen-bond acceptors (Lipinski definition) is 3. The highest BCUT2D eigenvalue weighted by molar-refractivity contribution is 7.92. The lowest BCUT2D eigenvalue weighted by Gasteiger charge is -2.19. The first-order valence-corrected chi connectivity index (χ1v) is 11.0. The van der Waals surface area contributed by atoms with Crippen molar-refractivity contribution in [2.45, 2.75) is 44.9 Å². The van der Waals surface area contributed by atoms with Crippen LogP contribution in [0.3, 0.4) is 0 Å². The van der Waals surface area contributed by atoms with Crippen LogP contribution in [0.4, 0.5) is 5.88 Å². The maximum atomic E-state index is 13.2. The van der Waals surface area contributed by atoms with E-state index in [1.54, 1.807) is 19.2 Å². The van der Waals surface area contributed by atoms with Gasteiger partial charge in [0.1, 0.15) is 5.76 Å². The Bertz CT molecular complexity index is 1040. The SMILES string of the molecule is CCCCc1c(N(C)S(=O)(=O)c2ccc(C)cc2)oc(C)c1-c1ccccc1. The lowest BCUT2D eigenvalue weighted by molar-refractivity contribution is 0.532. The molecule has 0 atom stereocenters. The van der Waals surface area contributed by atoms with Gasteiger partial charge in [-0.3, -0.25) is 0 Å². The van der Waals surface area contributed by atoms with Crippen molar-refractivity contribution in [3.63, 3.8) is 0 Å². The fourth-order valence-corrected chi connectivity index (χ4v) is 4.54. The van der Waals surface area contributed by atoms with Crippen molar-refractivity contribution in [3.05, 3.63) is 71.5 Å². The van der Waals surface area contributed by atoms with Crippen molar-refractivity contribution in [3.8, 4) is 11.1 Å². The molecule has 0 saturated carbocycles. The summed E-state index contributed by atoms with van der Waals surface area (Å²) in [5.74, 6) is 1.14. The molecule has 148 valence electrons. The molecule has 0 unspecified atom stereocenters. The molecule has 3 aromatic rings. The van der Waals surface area contributed by atoms with E-state index in [9.17, 15) is 8.42 Å². The maximum absolute atomic E-state index is 13.2. The fourth-order valence-electron chi connectivity index (χ4n) is 3.38. The summed E-state index contributed by atoms with van der Waals surface area (Å²) in [5, 5.41) is 0. The molecule has 0 aliphatic carbocycles. The third kappa shape index (κ3) is 3.85. The molecule has 4 nitrogen and oxygen atoms in total. The van der Waals surface area contributed by atoms with E-state index in [0.717, 1.165) is 47.3 Å². The smallest absolute Gasteiger partial charge is 0.266 e. The van der Waals surface area contributed by atoms with Crippen LogP contribution in [-0.2, 0) is 16.4 Å². The van der Waals surface area contributed by atoms with E-state index in [0.29, 0.717) is 5.88 Å². The third-order valence-corrected chi connectivity index (χ3v) is 6.72. The monoisotopic (exact) mass is 397 g/mol. The normalized spacial score (nSPS) is 11.6. The summed E-state index contributed by atoms with van der Waals surface area (Å²) in [6, 6.07) is 16.9. The Hall–Kier alpha value is -2.53. The standard InChI is InChI=1S/C23H27NO3S/c1-5-6-12-21-22(19-10-8-7-9-11-19)18(3)27-23(21)24(4)28(25,26)20-15-13-17(2)14-16-20/h7-11,13-16H,5-6,12H2,1-4H3. The Morgan fingerprint density at radius 1 is 0.964 bits per heavy atom. The van der Waals surface area contributed by atoms with E-state index < -0.39 is 10.0 Å². The second-order valence-corrected chi connectivity index (χ2v) is 9.04. The number of unbranched alkanes of at least 4 members (excludes halogenated alkanes) is 1. The predicted octanol–water partition coefficient (Wildman–Crippen LogP) is 5.73. The van der Waals surface area contributed by atoms with Gasteiger partial charge >= 0.3 is 0 Å². The van der Waals surface area contributed by atoms with Gasteiger partial charge in [-0.15, -0.1) is 0 Å². The molecule has 1 heterocycles. The number of sulfonamides is 1. The summed E-state index contributed by atoms with van der Waals surface area (Å²) in [6.07, 6.45) is 2.75. The average molecular weight is 398 g/mol. The zero-order chi connectivity index (χ0) is 20.3. The molecule has 3 rings (SSSR count). The molecule has 0 N–H and O–H groups in total. The lowest BCUT2D eigenvalue weighted by atomic mass is 9.98. The van der Waals surface area contributed by atoms with Crippen LogP contribution in [0.5, 0.6) is 0 Å². The van der Waals surface area contributed by atoms with Gasteiger partial charge < -0.3 is 4.42 Å². The van der Waals surface area contributed by atoms with Crippen LogP contribution in [-0.4, -0.2) is 15.5 Å². The zero-order valence-corrected chi connectivity index (χ0v) is 17.7. The Balaban J connectivity index is 2.11. The summed E-state index contributed by atoms with van der Waals surface area (Å²) in [6.45, 7) is 5.96. The molecular formula is C23H27NO3S. The summed E-state index contributed by atoms with van der Waals surface area (Å²) < 4.78 is 33.7. The molecule has 0 saturated heterocycles. The van der Waals surface area contributed by atoms with E-state index in [1.807, 2.05) is 56.3 Å². The fraction of sp³-hybridized carbons (Fsp3) is 0.304. The van der Waals surface area contributed by atoms with Crippen molar-refractivity contribution in [2.75, 3.05) is 11.4 Å². The van der Waals surface area contributed by atoms with Crippen LogP contribution in [0.2, 0.25) is 0 Å². The third-order valence-electron chi connectivity index (χ3n) is 4.97. The number of hydrogen-bond donors (Lipinski definition) is 0. The first-order chi connectivity index (χ1) is 13.4. The average Bonchev–Trinajstić information content (AvgIpc) is 3.02. The van der Waals surface area contributed by atoms with E-state index in [4.69, 9.17) is 4.42 Å². The van der Waals surface area contributed by atoms with Gasteiger partial charge in [-0.05, 0) is 44.4 Å². The van der Waals surface area contributed by atoms with Gasteiger partial charge in [-0.1, -0.05) is 61.4 Å². The van der Waals surface area contributed by atoms with Crippen LogP contribution in [0.25, 0.3) is 11.1 Å². The topological polar surface area (TPSA) is 50.5 Å². The minimum atomic E-state index is -3.70. The quantitative estimate of drug-likeness (QED) is 0.511. The van der Waals surface area contributed by atoms with E-state index in [-0.39, 0.29) is 4.90 Å². The molecule has 1 aromatic heterocycles. The van der Waals surface area contributed by atoms with E-state index in [2.05, 4.69) is 6.92 Å². The number of nitrogens with zero attached hydrogens (tertiary/aromatic N) is 1. The number of anilines is 1. The van der Waals surface area contributed by atoms with E-state index in [1.165, 1.54) is 4.31 Å². The van der Waals surface area contributed by atoms with Crippen LogP contribution in [0.1, 0.15) is 36.7 Å². The predicted molar refractivity (Wildman–Crippen MR) is 114 cm³/mol. The van der Waals surface area contributed by atoms with Crippen LogP contribution < -0.4 is 4.31 Å². The molecule has 0 aliphatic heterocycles. The molecular weight excluding hydrogens is 370 g/mol. The van der Waals surface area contributed by atoms with Crippen LogP contribution in [0.15, 0.2) is 63.9 Å². The molecule has 0 bridgehead atoms. The zero-order valence-electron chi connectivity index (χ0n) is 16.9. The Labute approximate surface area is 167 Å². The first kappa shape index (κ1) is 20.2. The second kappa shape index (κ2) is 8.23. The first-order valence-electron chi connectivity index (χ1n) is 9.59. The minimum absolute atomic E-state index is 0.261. The summed E-state index contributed by atoms with van der Waals surface area (Å²) >= 11 is 0. The number of furan rings is 1. The summed E-state index contributed by atoms with van der Waals surface area (Å²) in [5.41, 5.74) is 4.01. The number of benzene rings is 2. The van der Waals surface area contributed by atoms with Crippen molar-refractivity contribution in [1.82, 2.24) is 0 Å². The van der Waals surface area contributed by atoms with Crippen LogP contribution in [0, 0.1) is 13.8 Å². The van der Waals surface area contributed by atoms with Gasteiger partial charge in [-0.25, -0.2) is 12.7 Å². The lowest BCUT2D eigenvalue weighted by Crippen LogP contribution is -2.27. The Morgan fingerprint density at radius 2 is 1.61 bits per heavy atom. The largest absolute Gasteiger partial charge is 0.444 e. The number of rotatable bonds is 7. The van der Waals surface area contributed by atoms with Gasteiger partial charge in [0.15, 0.2) is 0 Å². The van der Waals surface area contributed by atoms with Crippen molar-refractivity contribution < 1.29 is 12.8 Å². The van der Waals surface area contributed by atoms with Crippen molar-refractivity contribution >= 4 is 15.9 Å². The molecule has 2 aromatic carbocycles. The number of aryl methyl sites for hydroxylation is 2. The van der Waals surface area contributed by atoms with Gasteiger partial charge in [0.05, 0.1) is 4.90 Å². The molecule has 0 radical (unpaired) electrons. The summed E-state index contributed by atoms with van der Waals surface area (Å²) in [4.78, 5) is 0.261. The molecule has 0 fully saturated rings. The molecule has 5 heteroatoms. The molecule has 0 aliphatic rings. The molecule has 0 amide bonds. The highest BCUT2D eigenvalue weighted by Crippen LogP contribution is 2.39. The van der Waals surface area contributed by atoms with Gasteiger partial charge in [-0.2, -0.15) is 0 Å². The highest BCUT2D eigenvalue weighted by atomic mass is 32.2. The second-order valence-electron chi connectivity index (χ2n) is 7.07. The van der Waals surface area contributed by atoms with Gasteiger partial charge in [0.2, 0.25) is 5.88 Å². The highest BCUT2D eigenvalue weighted by Gasteiger charge is 2.29.